The summed E-state index contributed by atoms with van der Waals surface area (Å²) in [6.07, 6.45) is 0. The van der Waals surface area contributed by atoms with Crippen LogP contribution in [0.2, 0.25) is 0 Å². The van der Waals surface area contributed by atoms with E-state index in [1.807, 2.05) is 60.1 Å². The molecule has 5 nitrogen and oxygen atoms in total. The number of halogens is 1. The van der Waals surface area contributed by atoms with Crippen LogP contribution < -0.4 is 5.32 Å². The molecule has 0 radical (unpaired) electrons. The van der Waals surface area contributed by atoms with E-state index < -0.39 is 0 Å². The van der Waals surface area contributed by atoms with Crippen LogP contribution in [0, 0.1) is 0 Å². The van der Waals surface area contributed by atoms with Gasteiger partial charge in [-0.25, -0.2) is 0 Å². The molecule has 27 heavy (non-hydrogen) atoms. The topological polar surface area (TPSA) is 59.8 Å². The number of benzene rings is 2. The number of rotatable bonds is 6. The second-order valence-corrected chi connectivity index (χ2v) is 8.31. The Morgan fingerprint density at radius 1 is 1.19 bits per heavy atom. The van der Waals surface area contributed by atoms with Crippen molar-refractivity contribution in [2.45, 2.75) is 24.9 Å². The summed E-state index contributed by atoms with van der Waals surface area (Å²) in [6.45, 7) is 4.22. The van der Waals surface area contributed by atoms with Crippen LogP contribution in [0.1, 0.15) is 25.3 Å². The molecule has 0 saturated carbocycles. The molecule has 1 aromatic heterocycles. The van der Waals surface area contributed by atoms with Crippen molar-refractivity contribution in [2.75, 3.05) is 11.1 Å². The number of carbonyl (C=O) groups is 1. The van der Waals surface area contributed by atoms with E-state index in [4.69, 9.17) is 0 Å². The van der Waals surface area contributed by atoms with Crippen LogP contribution in [0.25, 0.3) is 11.4 Å². The standard InChI is InChI=1S/C20H21BrN4OS/c1-13(2)16-11-15(21)9-10-17(16)22-18(26)12-27-20-24-23-19(25(20)3)14-7-5-4-6-8-14/h4-11,13H,12H2,1-3H3,(H,22,26). The van der Waals surface area contributed by atoms with E-state index in [1.165, 1.54) is 11.8 Å². The van der Waals surface area contributed by atoms with Crippen molar-refractivity contribution in [3.63, 3.8) is 0 Å². The fourth-order valence-corrected chi connectivity index (χ4v) is 3.81. The Balaban J connectivity index is 1.66. The summed E-state index contributed by atoms with van der Waals surface area (Å²) >= 11 is 4.86. The summed E-state index contributed by atoms with van der Waals surface area (Å²) < 4.78 is 2.91. The Morgan fingerprint density at radius 3 is 2.63 bits per heavy atom. The minimum Gasteiger partial charge on any atom is -0.325 e. The van der Waals surface area contributed by atoms with Gasteiger partial charge in [-0.1, -0.05) is 71.9 Å². The number of nitrogens with zero attached hydrogens (tertiary/aromatic N) is 3. The van der Waals surface area contributed by atoms with Gasteiger partial charge in [0.15, 0.2) is 11.0 Å². The van der Waals surface area contributed by atoms with E-state index >= 15 is 0 Å². The molecule has 1 amide bonds. The van der Waals surface area contributed by atoms with Crippen LogP contribution in [0.5, 0.6) is 0 Å². The van der Waals surface area contributed by atoms with Gasteiger partial charge in [0, 0.05) is 22.8 Å². The molecule has 0 unspecified atom stereocenters. The quantitative estimate of drug-likeness (QED) is 0.537. The molecule has 0 saturated heterocycles. The van der Waals surface area contributed by atoms with Crippen molar-refractivity contribution in [1.29, 1.82) is 0 Å². The first kappa shape index (κ1) is 19.6. The fourth-order valence-electron chi connectivity index (χ4n) is 2.72. The van der Waals surface area contributed by atoms with Crippen molar-refractivity contribution < 1.29 is 4.79 Å². The van der Waals surface area contributed by atoms with Crippen molar-refractivity contribution >= 4 is 39.3 Å². The Bertz CT molecular complexity index is 940. The highest BCUT2D eigenvalue weighted by molar-refractivity contribution is 9.10. The van der Waals surface area contributed by atoms with Crippen molar-refractivity contribution in [1.82, 2.24) is 14.8 Å². The molecule has 1 N–H and O–H groups in total. The highest BCUT2D eigenvalue weighted by Crippen LogP contribution is 2.28. The molecule has 0 aliphatic carbocycles. The maximum atomic E-state index is 12.4. The van der Waals surface area contributed by atoms with Gasteiger partial charge in [0.2, 0.25) is 5.91 Å². The van der Waals surface area contributed by atoms with E-state index in [0.717, 1.165) is 27.1 Å². The molecule has 0 atom stereocenters. The molecule has 2 aromatic carbocycles. The third-order valence-electron chi connectivity index (χ3n) is 4.11. The average Bonchev–Trinajstić information content (AvgIpc) is 3.02. The lowest BCUT2D eigenvalue weighted by Crippen LogP contribution is -2.16. The van der Waals surface area contributed by atoms with Crippen LogP contribution in [-0.4, -0.2) is 26.4 Å². The third-order valence-corrected chi connectivity index (χ3v) is 5.62. The fraction of sp³-hybridized carbons (Fsp3) is 0.250. The zero-order valence-electron chi connectivity index (χ0n) is 15.4. The van der Waals surface area contributed by atoms with Gasteiger partial charge in [-0.3, -0.25) is 4.79 Å². The Labute approximate surface area is 171 Å². The number of aromatic nitrogens is 3. The van der Waals surface area contributed by atoms with Crippen molar-refractivity contribution in [3.05, 3.63) is 58.6 Å². The summed E-state index contributed by atoms with van der Waals surface area (Å²) in [7, 11) is 1.91. The second-order valence-electron chi connectivity index (χ2n) is 6.45. The highest BCUT2D eigenvalue weighted by Gasteiger charge is 2.14. The monoisotopic (exact) mass is 444 g/mol. The molecule has 1 heterocycles. The van der Waals surface area contributed by atoms with Crippen molar-refractivity contribution in [2.24, 2.45) is 7.05 Å². The van der Waals surface area contributed by atoms with Crippen LogP contribution >= 0.6 is 27.7 Å². The van der Waals surface area contributed by atoms with E-state index in [-0.39, 0.29) is 11.7 Å². The number of hydrogen-bond donors (Lipinski definition) is 1. The average molecular weight is 445 g/mol. The number of carbonyl (C=O) groups excluding carboxylic acids is 1. The van der Waals surface area contributed by atoms with E-state index in [9.17, 15) is 4.79 Å². The van der Waals surface area contributed by atoms with Gasteiger partial charge in [-0.15, -0.1) is 10.2 Å². The zero-order chi connectivity index (χ0) is 19.4. The van der Waals surface area contributed by atoms with Crippen LogP contribution in [-0.2, 0) is 11.8 Å². The predicted molar refractivity (Wildman–Crippen MR) is 114 cm³/mol. The molecule has 0 spiro atoms. The molecule has 0 aliphatic heterocycles. The summed E-state index contributed by atoms with van der Waals surface area (Å²) in [5.74, 6) is 1.31. The molecule has 0 bridgehead atoms. The minimum absolute atomic E-state index is 0.0616. The van der Waals surface area contributed by atoms with E-state index in [0.29, 0.717) is 11.1 Å². The molecule has 140 valence electrons. The van der Waals surface area contributed by atoms with Crippen LogP contribution in [0.4, 0.5) is 5.69 Å². The first-order valence-corrected chi connectivity index (χ1v) is 10.4. The van der Waals surface area contributed by atoms with Crippen LogP contribution in [0.3, 0.4) is 0 Å². The number of nitrogens with one attached hydrogen (secondary N) is 1. The van der Waals surface area contributed by atoms with Gasteiger partial charge >= 0.3 is 0 Å². The SMILES string of the molecule is CC(C)c1cc(Br)ccc1NC(=O)CSc1nnc(-c2ccccc2)n1C. The summed E-state index contributed by atoms with van der Waals surface area (Å²) in [5.41, 5.74) is 2.95. The normalized spacial score (nSPS) is 11.0. The van der Waals surface area contributed by atoms with E-state index in [1.54, 1.807) is 0 Å². The molecule has 3 rings (SSSR count). The van der Waals surface area contributed by atoms with Gasteiger partial charge in [0.05, 0.1) is 5.75 Å². The summed E-state index contributed by atoms with van der Waals surface area (Å²) in [5, 5.41) is 12.2. The molecule has 7 heteroatoms. The van der Waals surface area contributed by atoms with Gasteiger partial charge in [0.1, 0.15) is 0 Å². The lowest BCUT2D eigenvalue weighted by atomic mass is 10.0. The predicted octanol–water partition coefficient (Wildman–Crippen LogP) is 5.10. The lowest BCUT2D eigenvalue weighted by molar-refractivity contribution is -0.113. The second kappa shape index (κ2) is 8.71. The highest BCUT2D eigenvalue weighted by atomic mass is 79.9. The first-order chi connectivity index (χ1) is 13.0. The largest absolute Gasteiger partial charge is 0.325 e. The summed E-state index contributed by atoms with van der Waals surface area (Å²) in [6, 6.07) is 15.8. The molecular formula is C20H21BrN4OS. The Hall–Kier alpha value is -2.12. The van der Waals surface area contributed by atoms with Crippen molar-refractivity contribution in [3.8, 4) is 11.4 Å². The Morgan fingerprint density at radius 2 is 1.93 bits per heavy atom. The number of anilines is 1. The number of amides is 1. The van der Waals surface area contributed by atoms with Crippen LogP contribution in [0.15, 0.2) is 58.2 Å². The lowest BCUT2D eigenvalue weighted by Gasteiger charge is -2.14. The van der Waals surface area contributed by atoms with Gasteiger partial charge in [-0.2, -0.15) is 0 Å². The molecule has 0 aliphatic rings. The maximum Gasteiger partial charge on any atom is 0.234 e. The van der Waals surface area contributed by atoms with Gasteiger partial charge < -0.3 is 9.88 Å². The number of hydrogen-bond acceptors (Lipinski definition) is 4. The summed E-state index contributed by atoms with van der Waals surface area (Å²) in [4.78, 5) is 12.4. The third kappa shape index (κ3) is 4.78. The van der Waals surface area contributed by atoms with Gasteiger partial charge in [0.25, 0.3) is 0 Å². The maximum absolute atomic E-state index is 12.4. The first-order valence-electron chi connectivity index (χ1n) is 8.62. The molecular weight excluding hydrogens is 424 g/mol. The molecule has 0 fully saturated rings. The molecule has 3 aromatic rings. The number of thioether (sulfide) groups is 1. The smallest absolute Gasteiger partial charge is 0.234 e. The Kier molecular flexibility index (Phi) is 6.34. The minimum atomic E-state index is -0.0616. The zero-order valence-corrected chi connectivity index (χ0v) is 17.8. The van der Waals surface area contributed by atoms with Gasteiger partial charge in [-0.05, 0) is 29.7 Å². The van der Waals surface area contributed by atoms with E-state index in [2.05, 4.69) is 45.3 Å².